The van der Waals surface area contributed by atoms with Crippen LogP contribution < -0.4 is 0 Å². The highest BCUT2D eigenvalue weighted by atomic mass is 16.3. The molecule has 1 N–H and O–H groups in total. The summed E-state index contributed by atoms with van der Waals surface area (Å²) in [6.45, 7) is 11.9. The van der Waals surface area contributed by atoms with Crippen LogP contribution in [0.2, 0.25) is 0 Å². The fourth-order valence-corrected chi connectivity index (χ4v) is 4.41. The van der Waals surface area contributed by atoms with E-state index in [4.69, 9.17) is 0 Å². The molecule has 0 unspecified atom stereocenters. The zero-order valence-corrected chi connectivity index (χ0v) is 21.8. The van der Waals surface area contributed by atoms with Crippen LogP contribution >= 0.6 is 0 Å². The first kappa shape index (κ1) is 30.4. The van der Waals surface area contributed by atoms with E-state index in [1.807, 2.05) is 38.2 Å². The monoisotopic (exact) mass is 435 g/mol. The van der Waals surface area contributed by atoms with Crippen molar-refractivity contribution in [1.29, 1.82) is 0 Å². The Balaban J connectivity index is 4.28. The number of rotatable bonds is 23. The molecule has 0 spiro atoms. The molecule has 0 amide bonds. The molecule has 0 fully saturated rings. The van der Waals surface area contributed by atoms with E-state index in [0.717, 1.165) is 13.0 Å². The maximum Gasteiger partial charge on any atom is 0.102 e. The first-order valence-electron chi connectivity index (χ1n) is 13.8. The smallest absolute Gasteiger partial charge is 0.102 e. The van der Waals surface area contributed by atoms with E-state index >= 15 is 0 Å². The van der Waals surface area contributed by atoms with E-state index in [-0.39, 0.29) is 0 Å². The molecule has 0 aromatic rings. The van der Waals surface area contributed by atoms with Gasteiger partial charge in [-0.25, -0.2) is 0 Å². The highest BCUT2D eigenvalue weighted by Crippen LogP contribution is 2.17. The van der Waals surface area contributed by atoms with Crippen molar-refractivity contribution in [3.05, 3.63) is 24.3 Å². The van der Waals surface area contributed by atoms with Crippen molar-refractivity contribution in [2.75, 3.05) is 19.6 Å². The van der Waals surface area contributed by atoms with E-state index in [9.17, 15) is 5.11 Å². The minimum Gasteiger partial charge on any atom is -0.382 e. The van der Waals surface area contributed by atoms with Crippen LogP contribution in [0.15, 0.2) is 24.3 Å². The summed E-state index contributed by atoms with van der Waals surface area (Å²) in [6, 6.07) is 0. The predicted octanol–water partition coefficient (Wildman–Crippen LogP) is 8.84. The number of aliphatic hydroxyl groups is 1. The maximum absolute atomic E-state index is 10.9. The van der Waals surface area contributed by atoms with E-state index in [1.165, 1.54) is 116 Å². The van der Waals surface area contributed by atoms with E-state index in [0.29, 0.717) is 0 Å². The summed E-state index contributed by atoms with van der Waals surface area (Å²) in [5.41, 5.74) is -0.791. The quantitative estimate of drug-likeness (QED) is 0.128. The molecular formula is C29H57NO. The summed E-state index contributed by atoms with van der Waals surface area (Å²) in [7, 11) is 0. The molecule has 0 bridgehead atoms. The van der Waals surface area contributed by atoms with Gasteiger partial charge in [0.25, 0.3) is 0 Å². The van der Waals surface area contributed by atoms with Gasteiger partial charge in [-0.1, -0.05) is 128 Å². The van der Waals surface area contributed by atoms with Gasteiger partial charge in [0, 0.05) is 6.54 Å². The fraction of sp³-hybridized carbons (Fsp3) is 0.862. The average Bonchev–Trinajstić information content (AvgIpc) is 2.75. The summed E-state index contributed by atoms with van der Waals surface area (Å²) in [5.74, 6) is 0. The Morgan fingerprint density at radius 1 is 0.548 bits per heavy atom. The highest BCUT2D eigenvalue weighted by molar-refractivity contribution is 5.12. The third-order valence-electron chi connectivity index (χ3n) is 6.39. The molecule has 0 aromatic heterocycles. The van der Waals surface area contributed by atoms with Gasteiger partial charge in [-0.05, 0) is 46.2 Å². The Bertz CT molecular complexity index is 383. The van der Waals surface area contributed by atoms with Crippen molar-refractivity contribution < 1.29 is 5.11 Å². The lowest BCUT2D eigenvalue weighted by molar-refractivity contribution is 0.111. The van der Waals surface area contributed by atoms with Gasteiger partial charge in [0.15, 0.2) is 0 Å². The molecule has 0 radical (unpaired) electrons. The van der Waals surface area contributed by atoms with E-state index in [1.54, 1.807) is 0 Å². The Morgan fingerprint density at radius 3 is 1.26 bits per heavy atom. The first-order chi connectivity index (χ1) is 15.1. The Morgan fingerprint density at radius 2 is 0.903 bits per heavy atom. The van der Waals surface area contributed by atoms with Crippen molar-refractivity contribution in [3.8, 4) is 0 Å². The summed E-state index contributed by atoms with van der Waals surface area (Å²) in [4.78, 5) is 2.62. The Hall–Kier alpha value is -0.600. The van der Waals surface area contributed by atoms with Crippen LogP contribution in [-0.4, -0.2) is 35.2 Å². The lowest BCUT2D eigenvalue weighted by Gasteiger charge is -2.27. The van der Waals surface area contributed by atoms with Gasteiger partial charge >= 0.3 is 0 Å². The van der Waals surface area contributed by atoms with Gasteiger partial charge in [-0.15, -0.1) is 0 Å². The summed E-state index contributed by atoms with van der Waals surface area (Å²) in [5, 5.41) is 10.9. The molecule has 0 saturated heterocycles. The second kappa shape index (κ2) is 22.6. The van der Waals surface area contributed by atoms with E-state index in [2.05, 4.69) is 18.7 Å². The van der Waals surface area contributed by atoms with Crippen LogP contribution in [0.3, 0.4) is 0 Å². The molecule has 2 nitrogen and oxygen atoms in total. The van der Waals surface area contributed by atoms with Crippen LogP contribution in [0.4, 0.5) is 0 Å². The van der Waals surface area contributed by atoms with Gasteiger partial charge < -0.3 is 10.0 Å². The third kappa shape index (κ3) is 19.8. The average molecular weight is 436 g/mol. The molecule has 0 aliphatic rings. The van der Waals surface area contributed by atoms with Crippen LogP contribution in [0.25, 0.3) is 0 Å². The predicted molar refractivity (Wildman–Crippen MR) is 141 cm³/mol. The molecule has 184 valence electrons. The fourth-order valence-electron chi connectivity index (χ4n) is 4.41. The Kier molecular flexibility index (Phi) is 22.2. The lowest BCUT2D eigenvalue weighted by atomic mass is 9.97. The largest absolute Gasteiger partial charge is 0.382 e. The van der Waals surface area contributed by atoms with Gasteiger partial charge in [-0.3, -0.25) is 0 Å². The molecule has 0 aromatic carbocycles. The minimum absolute atomic E-state index is 0.787. The number of nitrogens with zero attached hydrogens (tertiary/aromatic N) is 1. The topological polar surface area (TPSA) is 23.5 Å². The zero-order chi connectivity index (χ0) is 23.0. The van der Waals surface area contributed by atoms with Gasteiger partial charge in [0.2, 0.25) is 0 Å². The van der Waals surface area contributed by atoms with Crippen LogP contribution in [0.5, 0.6) is 0 Å². The van der Waals surface area contributed by atoms with Crippen molar-refractivity contribution in [2.45, 2.75) is 142 Å². The molecule has 0 heterocycles. The SMILES string of the molecule is CC=CC(O)(C=CC)CCN(CCCCCCCCCC)CCCCCCCCCC. The maximum atomic E-state index is 10.9. The van der Waals surface area contributed by atoms with Crippen molar-refractivity contribution in [2.24, 2.45) is 0 Å². The third-order valence-corrected chi connectivity index (χ3v) is 6.39. The molecule has 0 aliphatic carbocycles. The second-order valence-electron chi connectivity index (χ2n) is 9.53. The lowest BCUT2D eigenvalue weighted by Crippen LogP contribution is -2.34. The summed E-state index contributed by atoms with van der Waals surface area (Å²) >= 11 is 0. The molecule has 2 heteroatoms. The molecule has 31 heavy (non-hydrogen) atoms. The van der Waals surface area contributed by atoms with Gasteiger partial charge in [-0.2, -0.15) is 0 Å². The normalized spacial score (nSPS) is 14.3. The van der Waals surface area contributed by atoms with Crippen molar-refractivity contribution in [1.82, 2.24) is 4.90 Å². The van der Waals surface area contributed by atoms with Gasteiger partial charge in [0.05, 0.1) is 0 Å². The first-order valence-corrected chi connectivity index (χ1v) is 13.8. The number of hydrogen-bond donors (Lipinski definition) is 1. The zero-order valence-electron chi connectivity index (χ0n) is 21.8. The Labute approximate surface area is 196 Å². The number of unbranched alkanes of at least 4 members (excludes halogenated alkanes) is 14. The molecular weight excluding hydrogens is 378 g/mol. The van der Waals surface area contributed by atoms with Crippen LogP contribution in [0, 0.1) is 0 Å². The van der Waals surface area contributed by atoms with Crippen LogP contribution in [0.1, 0.15) is 137 Å². The number of allylic oxidation sites excluding steroid dienone is 2. The molecule has 0 saturated carbocycles. The van der Waals surface area contributed by atoms with Crippen molar-refractivity contribution in [3.63, 3.8) is 0 Å². The molecule has 0 rings (SSSR count). The van der Waals surface area contributed by atoms with Crippen molar-refractivity contribution >= 4 is 0 Å². The minimum atomic E-state index is -0.791. The summed E-state index contributed by atoms with van der Waals surface area (Å²) < 4.78 is 0. The number of hydrogen-bond acceptors (Lipinski definition) is 2. The standard InChI is InChI=1S/C29H57NO/c1-5-9-11-13-15-17-19-21-26-30(27-22-20-18-16-14-12-10-6-2)28-25-29(31,23-7-3)24-8-4/h7-8,23-24,31H,5-6,9-22,25-28H2,1-4H3. The highest BCUT2D eigenvalue weighted by Gasteiger charge is 2.20. The summed E-state index contributed by atoms with van der Waals surface area (Å²) in [6.07, 6.45) is 30.6. The molecule has 0 atom stereocenters. The van der Waals surface area contributed by atoms with Crippen LogP contribution in [-0.2, 0) is 0 Å². The van der Waals surface area contributed by atoms with E-state index < -0.39 is 5.60 Å². The van der Waals surface area contributed by atoms with Gasteiger partial charge in [0.1, 0.15) is 5.60 Å². The molecule has 0 aliphatic heterocycles. The second-order valence-corrected chi connectivity index (χ2v) is 9.53.